The van der Waals surface area contributed by atoms with Gasteiger partial charge in [0.15, 0.2) is 5.13 Å². The lowest BCUT2D eigenvalue weighted by atomic mass is 10.1. The van der Waals surface area contributed by atoms with Crippen LogP contribution >= 0.6 is 11.3 Å². The third-order valence-corrected chi connectivity index (χ3v) is 4.87. The van der Waals surface area contributed by atoms with Gasteiger partial charge in [0.25, 0.3) is 0 Å². The first-order chi connectivity index (χ1) is 9.22. The van der Waals surface area contributed by atoms with E-state index >= 15 is 0 Å². The zero-order valence-electron chi connectivity index (χ0n) is 11.4. The van der Waals surface area contributed by atoms with Crippen LogP contribution in [0.3, 0.4) is 0 Å². The van der Waals surface area contributed by atoms with Crippen molar-refractivity contribution in [2.45, 2.75) is 39.2 Å². The van der Waals surface area contributed by atoms with Gasteiger partial charge in [-0.25, -0.2) is 4.98 Å². The van der Waals surface area contributed by atoms with E-state index in [0.29, 0.717) is 5.92 Å². The molecule has 1 aliphatic carbocycles. The van der Waals surface area contributed by atoms with Crippen LogP contribution in [0, 0.1) is 11.8 Å². The molecule has 0 spiro atoms. The molecule has 1 amide bonds. The number of nitrogens with one attached hydrogen (secondary N) is 1. The number of rotatable bonds is 4. The van der Waals surface area contributed by atoms with Crippen molar-refractivity contribution in [3.8, 4) is 0 Å². The van der Waals surface area contributed by atoms with Crippen molar-refractivity contribution in [3.05, 3.63) is 11.1 Å². The van der Waals surface area contributed by atoms with Gasteiger partial charge in [-0.2, -0.15) is 0 Å². The summed E-state index contributed by atoms with van der Waals surface area (Å²) in [5, 5.41) is 5.77. The van der Waals surface area contributed by atoms with Gasteiger partial charge in [0, 0.05) is 17.8 Å². The van der Waals surface area contributed by atoms with Crippen LogP contribution in [0.25, 0.3) is 0 Å². The number of amides is 1. The second kappa shape index (κ2) is 5.59. The van der Waals surface area contributed by atoms with Crippen LogP contribution in [0.5, 0.6) is 0 Å². The van der Waals surface area contributed by atoms with E-state index in [1.165, 1.54) is 32.4 Å². The molecule has 5 heteroatoms. The molecule has 2 aliphatic rings. The van der Waals surface area contributed by atoms with Gasteiger partial charge < -0.3 is 5.32 Å². The number of carbonyl (C=O) groups excluding carboxylic acids is 1. The Balaban J connectivity index is 1.52. The lowest BCUT2D eigenvalue weighted by Crippen LogP contribution is -2.29. The Kier molecular flexibility index (Phi) is 3.84. The number of carbonyl (C=O) groups is 1. The summed E-state index contributed by atoms with van der Waals surface area (Å²) in [6, 6.07) is 0. The van der Waals surface area contributed by atoms with Crippen molar-refractivity contribution in [1.82, 2.24) is 9.88 Å². The number of likely N-dealkylation sites (tertiary alicyclic amines) is 1. The molecule has 19 heavy (non-hydrogen) atoms. The Morgan fingerprint density at radius 2 is 2.21 bits per heavy atom. The molecule has 2 unspecified atom stereocenters. The Labute approximate surface area is 118 Å². The van der Waals surface area contributed by atoms with E-state index in [2.05, 4.69) is 27.5 Å². The molecule has 3 rings (SSSR count). The minimum atomic E-state index is 0.145. The molecule has 1 aliphatic heterocycles. The van der Waals surface area contributed by atoms with Crippen LogP contribution in [0.1, 0.15) is 38.3 Å². The first kappa shape index (κ1) is 13.1. The fourth-order valence-corrected chi connectivity index (χ4v) is 3.37. The molecule has 4 nitrogen and oxygen atoms in total. The molecule has 2 heterocycles. The number of thiazole rings is 1. The molecule has 0 radical (unpaired) electrons. The Hall–Kier alpha value is -0.940. The highest BCUT2D eigenvalue weighted by Crippen LogP contribution is 2.38. The monoisotopic (exact) mass is 279 g/mol. The van der Waals surface area contributed by atoms with Crippen LogP contribution in [0.2, 0.25) is 0 Å². The van der Waals surface area contributed by atoms with E-state index in [0.717, 1.165) is 23.8 Å². The maximum Gasteiger partial charge on any atom is 0.229 e. The van der Waals surface area contributed by atoms with Gasteiger partial charge in [-0.3, -0.25) is 9.69 Å². The van der Waals surface area contributed by atoms with E-state index in [1.807, 2.05) is 0 Å². The standard InChI is InChI=1S/C14H21N3OS/c1-10-7-12(10)13(18)16-14-15-11(9-19-14)8-17-5-3-2-4-6-17/h9-10,12H,2-8H2,1H3,(H,15,16,18). The fraction of sp³-hybridized carbons (Fsp3) is 0.714. The maximum absolute atomic E-state index is 11.8. The van der Waals surface area contributed by atoms with Gasteiger partial charge in [-0.1, -0.05) is 13.3 Å². The highest BCUT2D eigenvalue weighted by Gasteiger charge is 2.39. The largest absolute Gasteiger partial charge is 0.302 e. The van der Waals surface area contributed by atoms with Gasteiger partial charge in [0.1, 0.15) is 0 Å². The molecular formula is C14H21N3OS. The Bertz CT molecular complexity index is 453. The summed E-state index contributed by atoms with van der Waals surface area (Å²) in [7, 11) is 0. The van der Waals surface area contributed by atoms with Crippen LogP contribution in [-0.4, -0.2) is 28.9 Å². The number of hydrogen-bond donors (Lipinski definition) is 1. The van der Waals surface area contributed by atoms with Crippen molar-refractivity contribution in [2.75, 3.05) is 18.4 Å². The number of aromatic nitrogens is 1. The molecule has 0 aromatic carbocycles. The highest BCUT2D eigenvalue weighted by atomic mass is 32.1. The second-order valence-electron chi connectivity index (χ2n) is 5.79. The molecule has 1 saturated carbocycles. The summed E-state index contributed by atoms with van der Waals surface area (Å²) in [4.78, 5) is 18.8. The average Bonchev–Trinajstić information content (AvgIpc) is 2.99. The van der Waals surface area contributed by atoms with E-state index in [1.54, 1.807) is 11.3 Å². The lowest BCUT2D eigenvalue weighted by Gasteiger charge is -2.25. The van der Waals surface area contributed by atoms with Gasteiger partial charge >= 0.3 is 0 Å². The smallest absolute Gasteiger partial charge is 0.229 e. The molecular weight excluding hydrogens is 258 g/mol. The first-order valence-electron chi connectivity index (χ1n) is 7.20. The summed E-state index contributed by atoms with van der Waals surface area (Å²) in [5.41, 5.74) is 1.09. The number of anilines is 1. The minimum Gasteiger partial charge on any atom is -0.302 e. The quantitative estimate of drug-likeness (QED) is 0.921. The molecule has 1 N–H and O–H groups in total. The minimum absolute atomic E-state index is 0.145. The molecule has 2 fully saturated rings. The number of piperidine rings is 1. The van der Waals surface area contributed by atoms with E-state index < -0.39 is 0 Å². The molecule has 0 bridgehead atoms. The number of hydrogen-bond acceptors (Lipinski definition) is 4. The van der Waals surface area contributed by atoms with E-state index in [4.69, 9.17) is 0 Å². The van der Waals surface area contributed by atoms with Gasteiger partial charge in [-0.15, -0.1) is 11.3 Å². The summed E-state index contributed by atoms with van der Waals surface area (Å²) in [5.74, 6) is 0.911. The third-order valence-electron chi connectivity index (χ3n) is 4.06. The van der Waals surface area contributed by atoms with Crippen LogP contribution in [0.4, 0.5) is 5.13 Å². The van der Waals surface area contributed by atoms with Gasteiger partial charge in [0.05, 0.1) is 5.69 Å². The molecule has 1 aromatic rings. The zero-order valence-corrected chi connectivity index (χ0v) is 12.2. The molecule has 1 saturated heterocycles. The lowest BCUT2D eigenvalue weighted by molar-refractivity contribution is -0.117. The Morgan fingerprint density at radius 1 is 1.47 bits per heavy atom. The van der Waals surface area contributed by atoms with Gasteiger partial charge in [-0.05, 0) is 38.3 Å². The number of nitrogens with zero attached hydrogens (tertiary/aromatic N) is 2. The third kappa shape index (κ3) is 3.34. The summed E-state index contributed by atoms with van der Waals surface area (Å²) < 4.78 is 0. The normalized spacial score (nSPS) is 27.2. The zero-order chi connectivity index (χ0) is 13.2. The maximum atomic E-state index is 11.8. The van der Waals surface area contributed by atoms with Crippen LogP contribution < -0.4 is 5.32 Å². The van der Waals surface area contributed by atoms with Crippen molar-refractivity contribution in [2.24, 2.45) is 11.8 Å². The van der Waals surface area contributed by atoms with E-state index in [-0.39, 0.29) is 11.8 Å². The predicted octanol–water partition coefficient (Wildman–Crippen LogP) is 2.72. The SMILES string of the molecule is CC1CC1C(=O)Nc1nc(CN2CCCCC2)cs1. The average molecular weight is 279 g/mol. The summed E-state index contributed by atoms with van der Waals surface area (Å²) >= 11 is 1.54. The fourth-order valence-electron chi connectivity index (χ4n) is 2.67. The summed E-state index contributed by atoms with van der Waals surface area (Å²) in [6.45, 7) is 5.40. The predicted molar refractivity (Wildman–Crippen MR) is 77.1 cm³/mol. The van der Waals surface area contributed by atoms with Gasteiger partial charge in [0.2, 0.25) is 5.91 Å². The van der Waals surface area contributed by atoms with Crippen molar-refractivity contribution in [3.63, 3.8) is 0 Å². The molecule has 2 atom stereocenters. The summed E-state index contributed by atoms with van der Waals surface area (Å²) in [6.07, 6.45) is 4.98. The topological polar surface area (TPSA) is 45.2 Å². The highest BCUT2D eigenvalue weighted by molar-refractivity contribution is 7.13. The van der Waals surface area contributed by atoms with Crippen molar-refractivity contribution in [1.29, 1.82) is 0 Å². The molecule has 104 valence electrons. The van der Waals surface area contributed by atoms with Crippen LogP contribution in [-0.2, 0) is 11.3 Å². The second-order valence-corrected chi connectivity index (χ2v) is 6.65. The van der Waals surface area contributed by atoms with Crippen molar-refractivity contribution < 1.29 is 4.79 Å². The molecule has 1 aromatic heterocycles. The van der Waals surface area contributed by atoms with Crippen molar-refractivity contribution >= 4 is 22.4 Å². The van der Waals surface area contributed by atoms with Crippen LogP contribution in [0.15, 0.2) is 5.38 Å². The first-order valence-corrected chi connectivity index (χ1v) is 8.08. The Morgan fingerprint density at radius 3 is 2.89 bits per heavy atom. The van der Waals surface area contributed by atoms with E-state index in [9.17, 15) is 4.79 Å².